The molecule has 29 heavy (non-hydrogen) atoms. The molecule has 1 heterocycles. The average molecular weight is 415 g/mol. The Morgan fingerprint density at radius 2 is 1.86 bits per heavy atom. The zero-order valence-corrected chi connectivity index (χ0v) is 17.5. The summed E-state index contributed by atoms with van der Waals surface area (Å²) in [6.45, 7) is 2.74. The van der Waals surface area contributed by atoms with E-state index < -0.39 is 0 Å². The lowest BCUT2D eigenvalue weighted by Crippen LogP contribution is -2.51. The van der Waals surface area contributed by atoms with Gasteiger partial charge in [0.15, 0.2) is 5.69 Å². The third kappa shape index (κ3) is 3.65. The second kappa shape index (κ2) is 7.35. The van der Waals surface area contributed by atoms with Crippen LogP contribution in [0.15, 0.2) is 28.8 Å². The number of rotatable bonds is 6. The van der Waals surface area contributed by atoms with Crippen LogP contribution in [0, 0.1) is 30.1 Å². The number of ether oxygens (including phenoxy) is 1. The molecule has 1 aromatic carbocycles. The number of hydrogen-bond acceptors (Lipinski definition) is 4. The number of aryl methyl sites for hydroxylation is 1. The molecule has 154 valence electrons. The lowest BCUT2D eigenvalue weighted by Gasteiger charge is -2.56. The van der Waals surface area contributed by atoms with Crippen LogP contribution in [0.5, 0.6) is 5.75 Å². The molecule has 4 aliphatic rings. The second-order valence-electron chi connectivity index (χ2n) is 9.39. The number of hydrogen-bond donors (Lipinski definition) is 1. The number of amides is 1. The van der Waals surface area contributed by atoms with Crippen LogP contribution in [-0.4, -0.2) is 17.6 Å². The Kier molecular flexibility index (Phi) is 4.81. The summed E-state index contributed by atoms with van der Waals surface area (Å²) in [6, 6.07) is 7.29. The van der Waals surface area contributed by atoms with E-state index in [9.17, 15) is 4.79 Å². The van der Waals surface area contributed by atoms with Gasteiger partial charge in [-0.25, -0.2) is 0 Å². The van der Waals surface area contributed by atoms with E-state index in [1.165, 1.54) is 38.5 Å². The topological polar surface area (TPSA) is 64.4 Å². The number of carbonyl (C=O) groups is 1. The van der Waals surface area contributed by atoms with Crippen LogP contribution in [0.2, 0.25) is 5.02 Å². The summed E-state index contributed by atoms with van der Waals surface area (Å²) in [5.74, 6) is 3.60. The van der Waals surface area contributed by atoms with Crippen molar-refractivity contribution in [3.8, 4) is 5.75 Å². The molecule has 0 aliphatic heterocycles. The third-order valence-electron chi connectivity index (χ3n) is 7.20. The molecule has 0 atom stereocenters. The first-order valence-electron chi connectivity index (χ1n) is 10.6. The van der Waals surface area contributed by atoms with Gasteiger partial charge in [-0.1, -0.05) is 28.9 Å². The molecule has 4 saturated carbocycles. The van der Waals surface area contributed by atoms with Crippen molar-refractivity contribution in [1.29, 1.82) is 0 Å². The molecule has 4 aliphatic carbocycles. The van der Waals surface area contributed by atoms with E-state index in [0.29, 0.717) is 27.8 Å². The van der Waals surface area contributed by atoms with Gasteiger partial charge in [0.05, 0.1) is 10.6 Å². The molecule has 1 amide bonds. The normalized spacial score (nSPS) is 29.8. The third-order valence-corrected chi connectivity index (χ3v) is 7.51. The molecule has 6 heteroatoms. The summed E-state index contributed by atoms with van der Waals surface area (Å²) in [6.07, 6.45) is 8.00. The molecule has 0 unspecified atom stereocenters. The fraction of sp³-hybridized carbons (Fsp3) is 0.565. The largest absolute Gasteiger partial charge is 0.487 e. The lowest BCUT2D eigenvalue weighted by molar-refractivity contribution is -0.0503. The van der Waals surface area contributed by atoms with Gasteiger partial charge in [0.25, 0.3) is 5.91 Å². The first kappa shape index (κ1) is 19.0. The quantitative estimate of drug-likeness (QED) is 0.708. The predicted molar refractivity (Wildman–Crippen MR) is 110 cm³/mol. The molecule has 4 fully saturated rings. The van der Waals surface area contributed by atoms with Gasteiger partial charge in [-0.15, -0.1) is 0 Å². The Morgan fingerprint density at radius 1 is 1.21 bits per heavy atom. The maximum Gasteiger partial charge on any atom is 0.273 e. The maximum atomic E-state index is 12.9. The van der Waals surface area contributed by atoms with E-state index in [-0.39, 0.29) is 17.9 Å². The van der Waals surface area contributed by atoms with Crippen LogP contribution in [0.25, 0.3) is 0 Å². The molecule has 6 rings (SSSR count). The molecule has 4 bridgehead atoms. The van der Waals surface area contributed by atoms with Crippen LogP contribution in [0.1, 0.15) is 60.3 Å². The Balaban J connectivity index is 1.25. The fourth-order valence-corrected chi connectivity index (χ4v) is 6.50. The van der Waals surface area contributed by atoms with Crippen molar-refractivity contribution in [1.82, 2.24) is 10.5 Å². The van der Waals surface area contributed by atoms with Crippen LogP contribution in [-0.2, 0) is 6.61 Å². The molecule has 2 aromatic rings. The molecular weight excluding hydrogens is 388 g/mol. The second-order valence-corrected chi connectivity index (χ2v) is 9.79. The first-order chi connectivity index (χ1) is 14.0. The molecule has 1 aromatic heterocycles. The highest BCUT2D eigenvalue weighted by molar-refractivity contribution is 6.32. The highest BCUT2D eigenvalue weighted by Crippen LogP contribution is 2.59. The van der Waals surface area contributed by atoms with Crippen molar-refractivity contribution in [3.63, 3.8) is 0 Å². The van der Waals surface area contributed by atoms with Crippen molar-refractivity contribution in [2.45, 2.75) is 52.1 Å². The standard InChI is InChI=1S/C23H27ClN2O3/c1-14-18(12-28-20-5-3-2-4-19(20)24)21(26-29-14)22(27)25-13-23-9-15-6-16(10-23)8-17(7-15)11-23/h2-5,15-17H,6-13H2,1H3,(H,25,27). The van der Waals surface area contributed by atoms with Crippen LogP contribution in [0.4, 0.5) is 0 Å². The first-order valence-corrected chi connectivity index (χ1v) is 11.0. The Morgan fingerprint density at radius 3 is 2.52 bits per heavy atom. The van der Waals surface area contributed by atoms with E-state index in [4.69, 9.17) is 20.9 Å². The zero-order chi connectivity index (χ0) is 20.0. The molecular formula is C23H27ClN2O3. The number of para-hydroxylation sites is 1. The smallest absolute Gasteiger partial charge is 0.273 e. The van der Waals surface area contributed by atoms with E-state index in [1.807, 2.05) is 12.1 Å². The van der Waals surface area contributed by atoms with Crippen molar-refractivity contribution in [2.75, 3.05) is 6.54 Å². The minimum atomic E-state index is -0.171. The van der Waals surface area contributed by atoms with Gasteiger partial charge >= 0.3 is 0 Å². The fourth-order valence-electron chi connectivity index (χ4n) is 6.31. The van der Waals surface area contributed by atoms with E-state index in [1.54, 1.807) is 19.1 Å². The van der Waals surface area contributed by atoms with Crippen molar-refractivity contribution < 1.29 is 14.1 Å². The van der Waals surface area contributed by atoms with Crippen LogP contribution >= 0.6 is 11.6 Å². The Hall–Kier alpha value is -2.01. The van der Waals surface area contributed by atoms with Gasteiger partial charge in [-0.05, 0) is 80.8 Å². The highest BCUT2D eigenvalue weighted by atomic mass is 35.5. The minimum Gasteiger partial charge on any atom is -0.487 e. The molecule has 0 spiro atoms. The minimum absolute atomic E-state index is 0.171. The Bertz CT molecular complexity index is 887. The van der Waals surface area contributed by atoms with Gasteiger partial charge in [0.2, 0.25) is 0 Å². The van der Waals surface area contributed by atoms with Crippen molar-refractivity contribution in [2.24, 2.45) is 23.2 Å². The molecule has 0 radical (unpaired) electrons. The SMILES string of the molecule is Cc1onc(C(=O)NCC23CC4CC(CC(C4)C2)C3)c1COc1ccccc1Cl. The van der Waals surface area contributed by atoms with E-state index in [0.717, 1.165) is 24.3 Å². The van der Waals surface area contributed by atoms with E-state index >= 15 is 0 Å². The summed E-state index contributed by atoms with van der Waals surface area (Å²) in [7, 11) is 0. The van der Waals surface area contributed by atoms with Crippen molar-refractivity contribution in [3.05, 3.63) is 46.3 Å². The van der Waals surface area contributed by atoms with Crippen LogP contribution < -0.4 is 10.1 Å². The molecule has 0 saturated heterocycles. The van der Waals surface area contributed by atoms with Gasteiger partial charge in [-0.3, -0.25) is 4.79 Å². The Labute approximate surface area is 176 Å². The number of nitrogens with one attached hydrogen (secondary N) is 1. The van der Waals surface area contributed by atoms with Gasteiger partial charge in [-0.2, -0.15) is 0 Å². The number of nitrogens with zero attached hydrogens (tertiary/aromatic N) is 1. The van der Waals surface area contributed by atoms with Gasteiger partial charge in [0.1, 0.15) is 18.1 Å². The highest BCUT2D eigenvalue weighted by Gasteiger charge is 2.50. The summed E-state index contributed by atoms with van der Waals surface area (Å²) in [4.78, 5) is 12.9. The van der Waals surface area contributed by atoms with Crippen molar-refractivity contribution >= 4 is 17.5 Å². The summed E-state index contributed by atoms with van der Waals surface area (Å²) >= 11 is 6.16. The van der Waals surface area contributed by atoms with Crippen LogP contribution in [0.3, 0.4) is 0 Å². The summed E-state index contributed by atoms with van der Waals surface area (Å²) in [5, 5.41) is 7.73. The monoisotopic (exact) mass is 414 g/mol. The predicted octanol–water partition coefficient (Wildman–Crippen LogP) is 5.16. The average Bonchev–Trinajstić information content (AvgIpc) is 3.05. The summed E-state index contributed by atoms with van der Waals surface area (Å²) < 4.78 is 11.1. The number of carbonyl (C=O) groups excluding carboxylic acids is 1. The zero-order valence-electron chi connectivity index (χ0n) is 16.7. The number of benzene rings is 1. The molecule has 5 nitrogen and oxygen atoms in total. The lowest BCUT2D eigenvalue weighted by atomic mass is 9.49. The van der Waals surface area contributed by atoms with Gasteiger partial charge in [0, 0.05) is 6.54 Å². The maximum absolute atomic E-state index is 12.9. The van der Waals surface area contributed by atoms with E-state index in [2.05, 4.69) is 10.5 Å². The number of halogens is 1. The molecule has 1 N–H and O–H groups in total. The van der Waals surface area contributed by atoms with Gasteiger partial charge < -0.3 is 14.6 Å². The number of aromatic nitrogens is 1. The summed E-state index contributed by atoms with van der Waals surface area (Å²) in [5.41, 5.74) is 1.28.